The monoisotopic (exact) mass is 464 g/mol. The molecule has 4 rings (SSSR count). The smallest absolute Gasteiger partial charge is 0.343 e. The van der Waals surface area contributed by atoms with Crippen LogP contribution in [0.3, 0.4) is 0 Å². The van der Waals surface area contributed by atoms with E-state index in [2.05, 4.69) is 6.07 Å². The number of allylic oxidation sites excluding steroid dienone is 1. The number of fused-ring (bicyclic) bond motifs is 1. The summed E-state index contributed by atoms with van der Waals surface area (Å²) in [5.41, 5.74) is 7.20. The van der Waals surface area contributed by atoms with E-state index < -0.39 is 11.5 Å². The summed E-state index contributed by atoms with van der Waals surface area (Å²) < 4.78 is 22.6. The van der Waals surface area contributed by atoms with Crippen LogP contribution in [0.2, 0.25) is 5.02 Å². The Morgan fingerprint density at radius 3 is 2.67 bits per heavy atom. The number of benzene rings is 2. The molecule has 0 amide bonds. The van der Waals surface area contributed by atoms with E-state index in [0.29, 0.717) is 34.5 Å². The summed E-state index contributed by atoms with van der Waals surface area (Å²) in [5, 5.41) is 10.4. The number of nitrogens with two attached hydrogens (primary N) is 1. The molecule has 1 atom stereocenters. The zero-order chi connectivity index (χ0) is 23.5. The highest BCUT2D eigenvalue weighted by molar-refractivity contribution is 6.31. The summed E-state index contributed by atoms with van der Waals surface area (Å²) in [6.45, 7) is 4.13. The summed E-state index contributed by atoms with van der Waals surface area (Å²) in [7, 11) is 0. The highest BCUT2D eigenvalue weighted by Gasteiger charge is 2.34. The quantitative estimate of drug-likeness (QED) is 0.558. The Hall–Kier alpha value is -3.89. The average Bonchev–Trinajstić information content (AvgIpc) is 2.78. The first-order valence-corrected chi connectivity index (χ1v) is 10.7. The van der Waals surface area contributed by atoms with Gasteiger partial charge in [-0.15, -0.1) is 0 Å². The van der Waals surface area contributed by atoms with Crippen LogP contribution in [-0.4, -0.2) is 6.61 Å². The van der Waals surface area contributed by atoms with Crippen molar-refractivity contribution in [3.63, 3.8) is 0 Å². The molecular weight excluding hydrogens is 444 g/mol. The van der Waals surface area contributed by atoms with Crippen molar-refractivity contribution in [2.24, 2.45) is 5.73 Å². The predicted octanol–water partition coefficient (Wildman–Crippen LogP) is 4.80. The van der Waals surface area contributed by atoms with E-state index in [9.17, 15) is 10.1 Å². The molecule has 168 valence electrons. The van der Waals surface area contributed by atoms with Crippen molar-refractivity contribution in [1.29, 1.82) is 5.26 Å². The fourth-order valence-electron chi connectivity index (χ4n) is 3.71. The molecule has 1 aliphatic rings. The second-order valence-electron chi connectivity index (χ2n) is 7.37. The topological polar surface area (TPSA) is 108 Å². The van der Waals surface area contributed by atoms with E-state index in [1.54, 1.807) is 37.3 Å². The fourth-order valence-corrected chi connectivity index (χ4v) is 3.90. The Bertz CT molecular complexity index is 1340. The van der Waals surface area contributed by atoms with Gasteiger partial charge < -0.3 is 24.4 Å². The number of halogens is 1. The molecule has 0 fully saturated rings. The largest absolute Gasteiger partial charge is 0.490 e. The molecule has 7 nitrogen and oxygen atoms in total. The van der Waals surface area contributed by atoms with Gasteiger partial charge in [0.2, 0.25) is 5.88 Å². The Labute approximate surface area is 195 Å². The minimum absolute atomic E-state index is 0.0583. The Balaban J connectivity index is 1.76. The lowest BCUT2D eigenvalue weighted by Crippen LogP contribution is -2.26. The molecule has 2 aromatic carbocycles. The normalized spacial score (nSPS) is 14.8. The van der Waals surface area contributed by atoms with E-state index in [0.717, 1.165) is 5.56 Å². The molecule has 1 aromatic heterocycles. The first-order chi connectivity index (χ1) is 15.9. The summed E-state index contributed by atoms with van der Waals surface area (Å²) in [4.78, 5) is 12.7. The van der Waals surface area contributed by atoms with Crippen molar-refractivity contribution >= 4 is 11.6 Å². The van der Waals surface area contributed by atoms with Gasteiger partial charge in [0, 0.05) is 16.7 Å². The molecule has 0 saturated carbocycles. The van der Waals surface area contributed by atoms with Gasteiger partial charge in [0.05, 0.1) is 18.1 Å². The lowest BCUT2D eigenvalue weighted by molar-refractivity contribution is 0.269. The van der Waals surface area contributed by atoms with E-state index in [-0.39, 0.29) is 29.4 Å². The number of hydrogen-bond donors (Lipinski definition) is 1. The average molecular weight is 465 g/mol. The second kappa shape index (κ2) is 9.31. The number of ether oxygens (including phenoxy) is 3. The molecule has 33 heavy (non-hydrogen) atoms. The van der Waals surface area contributed by atoms with Gasteiger partial charge in [0.25, 0.3) is 0 Å². The first-order valence-electron chi connectivity index (χ1n) is 10.3. The van der Waals surface area contributed by atoms with Crippen molar-refractivity contribution in [1.82, 2.24) is 0 Å². The predicted molar refractivity (Wildman–Crippen MR) is 122 cm³/mol. The molecule has 2 heterocycles. The van der Waals surface area contributed by atoms with Gasteiger partial charge in [-0.2, -0.15) is 5.26 Å². The maximum Gasteiger partial charge on any atom is 0.343 e. The van der Waals surface area contributed by atoms with Crippen LogP contribution in [0.15, 0.2) is 69.2 Å². The zero-order valence-electron chi connectivity index (χ0n) is 18.1. The Morgan fingerprint density at radius 2 is 1.94 bits per heavy atom. The van der Waals surface area contributed by atoms with Gasteiger partial charge in [0.1, 0.15) is 29.8 Å². The lowest BCUT2D eigenvalue weighted by atomic mass is 9.84. The van der Waals surface area contributed by atoms with Crippen LogP contribution in [0.1, 0.15) is 35.3 Å². The second-order valence-corrected chi connectivity index (χ2v) is 7.77. The Morgan fingerprint density at radius 1 is 1.15 bits per heavy atom. The van der Waals surface area contributed by atoms with Gasteiger partial charge in [-0.3, -0.25) is 0 Å². The van der Waals surface area contributed by atoms with E-state index in [1.165, 1.54) is 0 Å². The lowest BCUT2D eigenvalue weighted by Gasteiger charge is -2.25. The summed E-state index contributed by atoms with van der Waals surface area (Å²) >= 11 is 6.23. The van der Waals surface area contributed by atoms with Gasteiger partial charge >= 0.3 is 5.63 Å². The minimum atomic E-state index is -0.771. The molecule has 0 radical (unpaired) electrons. The van der Waals surface area contributed by atoms with Crippen molar-refractivity contribution in [3.05, 3.63) is 97.9 Å². The van der Waals surface area contributed by atoms with E-state index in [1.807, 2.05) is 25.1 Å². The van der Waals surface area contributed by atoms with Gasteiger partial charge in [0.15, 0.2) is 11.5 Å². The maximum atomic E-state index is 12.7. The van der Waals surface area contributed by atoms with Crippen LogP contribution in [0, 0.1) is 18.3 Å². The zero-order valence-corrected chi connectivity index (χ0v) is 18.8. The standard InChI is InChI=1S/C25H21ClN2O5/c1-3-30-20-11-15(8-9-19(20)31-13-16-6-4-5-7-18(16)26)22-17(12-27)24(28)33-21-10-14(2)32-25(29)23(21)22/h4-11,22H,3,13,28H2,1-2H3. The third-order valence-corrected chi connectivity index (χ3v) is 5.57. The number of nitriles is 1. The molecule has 0 aliphatic carbocycles. The van der Waals surface area contributed by atoms with Crippen LogP contribution in [-0.2, 0) is 6.61 Å². The van der Waals surface area contributed by atoms with Crippen molar-refractivity contribution in [2.75, 3.05) is 6.61 Å². The van der Waals surface area contributed by atoms with Gasteiger partial charge in [-0.05, 0) is 37.6 Å². The molecule has 0 spiro atoms. The number of hydrogen-bond acceptors (Lipinski definition) is 7. The molecule has 0 saturated heterocycles. The van der Waals surface area contributed by atoms with Crippen molar-refractivity contribution in [2.45, 2.75) is 26.4 Å². The fraction of sp³-hybridized carbons (Fsp3) is 0.200. The highest BCUT2D eigenvalue weighted by Crippen LogP contribution is 2.43. The van der Waals surface area contributed by atoms with Crippen molar-refractivity contribution < 1.29 is 18.6 Å². The number of rotatable bonds is 6. The maximum absolute atomic E-state index is 12.7. The first kappa shape index (κ1) is 22.3. The van der Waals surface area contributed by atoms with Crippen molar-refractivity contribution in [3.8, 4) is 23.3 Å². The molecule has 0 bridgehead atoms. The molecule has 1 unspecified atom stereocenters. The summed E-state index contributed by atoms with van der Waals surface area (Å²) in [6.07, 6.45) is 0. The SMILES string of the molecule is CCOc1cc(C2C(C#N)=C(N)Oc3cc(C)oc(=O)c32)ccc1OCc1ccccc1Cl. The third-order valence-electron chi connectivity index (χ3n) is 5.20. The molecule has 3 aromatic rings. The van der Waals surface area contributed by atoms with Crippen LogP contribution in [0.25, 0.3) is 0 Å². The van der Waals surface area contributed by atoms with E-state index >= 15 is 0 Å². The van der Waals surface area contributed by atoms with Crippen LogP contribution in [0.4, 0.5) is 0 Å². The number of aryl methyl sites for hydroxylation is 1. The number of nitrogens with zero attached hydrogens (tertiary/aromatic N) is 1. The van der Waals surface area contributed by atoms with Crippen LogP contribution in [0.5, 0.6) is 17.2 Å². The van der Waals surface area contributed by atoms with E-state index in [4.69, 9.17) is 36.0 Å². The highest BCUT2D eigenvalue weighted by atomic mass is 35.5. The van der Waals surface area contributed by atoms with Crippen LogP contribution < -0.4 is 25.6 Å². The van der Waals surface area contributed by atoms with Crippen LogP contribution >= 0.6 is 11.6 Å². The van der Waals surface area contributed by atoms with Gasteiger partial charge in [-0.1, -0.05) is 35.9 Å². The third kappa shape index (κ3) is 4.38. The Kier molecular flexibility index (Phi) is 6.29. The molecule has 1 aliphatic heterocycles. The van der Waals surface area contributed by atoms with Gasteiger partial charge in [-0.25, -0.2) is 4.79 Å². The summed E-state index contributed by atoms with van der Waals surface area (Å²) in [6, 6.07) is 16.3. The molecule has 8 heteroatoms. The molecular formula is C25H21ClN2O5. The minimum Gasteiger partial charge on any atom is -0.490 e. The molecule has 2 N–H and O–H groups in total. The summed E-state index contributed by atoms with van der Waals surface area (Å²) in [5.74, 6) is 0.775.